The third-order valence-electron chi connectivity index (χ3n) is 2.92. The van der Waals surface area contributed by atoms with Gasteiger partial charge in [-0.2, -0.15) is 4.80 Å². The van der Waals surface area contributed by atoms with Crippen molar-refractivity contribution in [1.82, 2.24) is 20.3 Å². The highest BCUT2D eigenvalue weighted by molar-refractivity contribution is 5.93. The molecule has 0 bridgehead atoms. The second-order valence-electron chi connectivity index (χ2n) is 4.53. The highest BCUT2D eigenvalue weighted by Gasteiger charge is 2.18. The average molecular weight is 292 g/mol. The van der Waals surface area contributed by atoms with E-state index in [4.69, 9.17) is 0 Å². The van der Waals surface area contributed by atoms with E-state index < -0.39 is 6.61 Å². The van der Waals surface area contributed by atoms with Crippen molar-refractivity contribution < 1.29 is 14.3 Å². The Bertz CT molecular complexity index is 610. The number of unbranched alkanes of at least 4 members (excludes halogenated alkanes) is 1. The number of amides is 1. The van der Waals surface area contributed by atoms with Crippen LogP contribution in [0.15, 0.2) is 24.3 Å². The maximum atomic E-state index is 12.9. The van der Waals surface area contributed by atoms with Crippen molar-refractivity contribution in [2.75, 3.05) is 6.54 Å². The van der Waals surface area contributed by atoms with Gasteiger partial charge >= 0.3 is 0 Å². The van der Waals surface area contributed by atoms with Crippen LogP contribution in [0.2, 0.25) is 0 Å². The first-order valence-corrected chi connectivity index (χ1v) is 6.77. The van der Waals surface area contributed by atoms with E-state index in [1.165, 1.54) is 29.1 Å². The summed E-state index contributed by atoms with van der Waals surface area (Å²) in [6, 6.07) is 5.54. The Morgan fingerprint density at radius 2 is 2.05 bits per heavy atom. The van der Waals surface area contributed by atoms with Crippen LogP contribution in [0.25, 0.3) is 5.69 Å². The summed E-state index contributed by atoms with van der Waals surface area (Å²) < 4.78 is 12.9. The largest absolute Gasteiger partial charge is 0.390 e. The lowest BCUT2D eigenvalue weighted by atomic mass is 10.3. The molecule has 0 saturated heterocycles. The van der Waals surface area contributed by atoms with E-state index in [1.807, 2.05) is 6.92 Å². The molecule has 1 amide bonds. The first-order valence-electron chi connectivity index (χ1n) is 6.77. The van der Waals surface area contributed by atoms with Crippen LogP contribution < -0.4 is 5.32 Å². The van der Waals surface area contributed by atoms with Crippen molar-refractivity contribution >= 4 is 5.91 Å². The molecule has 0 atom stereocenters. The molecular formula is C14H17FN4O2. The van der Waals surface area contributed by atoms with Crippen LogP contribution in [0.1, 0.15) is 35.9 Å². The van der Waals surface area contributed by atoms with Gasteiger partial charge in [-0.05, 0) is 30.7 Å². The lowest BCUT2D eigenvalue weighted by molar-refractivity contribution is 0.0944. The number of benzene rings is 1. The molecule has 0 aliphatic heterocycles. The molecule has 112 valence electrons. The van der Waals surface area contributed by atoms with E-state index in [0.717, 1.165) is 12.8 Å². The number of carbonyl (C=O) groups is 1. The molecular weight excluding hydrogens is 275 g/mol. The second kappa shape index (κ2) is 6.94. The average Bonchev–Trinajstić information content (AvgIpc) is 2.92. The Balaban J connectivity index is 2.22. The van der Waals surface area contributed by atoms with Gasteiger partial charge in [0, 0.05) is 6.54 Å². The fraction of sp³-hybridized carbons (Fsp3) is 0.357. The summed E-state index contributed by atoms with van der Waals surface area (Å²) in [5.74, 6) is -0.744. The highest BCUT2D eigenvalue weighted by Crippen LogP contribution is 2.10. The fourth-order valence-corrected chi connectivity index (χ4v) is 1.77. The normalized spacial score (nSPS) is 10.6. The molecule has 0 aliphatic rings. The Hall–Kier alpha value is -2.28. The maximum absolute atomic E-state index is 12.9. The Morgan fingerprint density at radius 1 is 1.33 bits per heavy atom. The first kappa shape index (κ1) is 15.1. The summed E-state index contributed by atoms with van der Waals surface area (Å²) in [5, 5.41) is 20.1. The van der Waals surface area contributed by atoms with E-state index in [-0.39, 0.29) is 23.1 Å². The van der Waals surface area contributed by atoms with Gasteiger partial charge in [0.15, 0.2) is 5.69 Å². The third kappa shape index (κ3) is 3.63. The van der Waals surface area contributed by atoms with E-state index >= 15 is 0 Å². The van der Waals surface area contributed by atoms with Crippen LogP contribution in [-0.2, 0) is 6.61 Å². The Morgan fingerprint density at radius 3 is 2.67 bits per heavy atom. The number of aliphatic hydroxyl groups is 1. The molecule has 1 aromatic carbocycles. The summed E-state index contributed by atoms with van der Waals surface area (Å²) in [4.78, 5) is 13.2. The molecule has 0 radical (unpaired) electrons. The van der Waals surface area contributed by atoms with Crippen molar-refractivity contribution in [3.05, 3.63) is 41.5 Å². The zero-order chi connectivity index (χ0) is 15.2. The molecule has 0 spiro atoms. The van der Waals surface area contributed by atoms with Crippen molar-refractivity contribution in [2.45, 2.75) is 26.4 Å². The molecule has 2 N–H and O–H groups in total. The molecule has 0 aliphatic carbocycles. The number of nitrogens with one attached hydrogen (secondary N) is 1. The van der Waals surface area contributed by atoms with Crippen LogP contribution in [0, 0.1) is 5.82 Å². The number of rotatable bonds is 6. The smallest absolute Gasteiger partial charge is 0.273 e. The molecule has 0 fully saturated rings. The molecule has 1 aromatic heterocycles. The molecule has 7 heteroatoms. The summed E-state index contributed by atoms with van der Waals surface area (Å²) in [5.41, 5.74) is 0.782. The molecule has 1 heterocycles. The van der Waals surface area contributed by atoms with Gasteiger partial charge in [0.2, 0.25) is 0 Å². The SMILES string of the molecule is CCCCNC(=O)c1nn(-c2ccc(F)cc2)nc1CO. The molecule has 21 heavy (non-hydrogen) atoms. The van der Waals surface area contributed by atoms with Crippen LogP contribution in [0.5, 0.6) is 0 Å². The summed E-state index contributed by atoms with van der Waals surface area (Å²) >= 11 is 0. The van der Waals surface area contributed by atoms with Crippen LogP contribution in [-0.4, -0.2) is 32.6 Å². The monoisotopic (exact) mass is 292 g/mol. The van der Waals surface area contributed by atoms with Crippen molar-refractivity contribution in [3.8, 4) is 5.69 Å². The van der Waals surface area contributed by atoms with Gasteiger partial charge in [-0.1, -0.05) is 13.3 Å². The summed E-state index contributed by atoms with van der Waals surface area (Å²) in [6.45, 7) is 2.18. The number of aromatic nitrogens is 3. The second-order valence-corrected chi connectivity index (χ2v) is 4.53. The molecule has 2 aromatic rings. The van der Waals surface area contributed by atoms with E-state index in [9.17, 15) is 14.3 Å². The van der Waals surface area contributed by atoms with E-state index in [2.05, 4.69) is 15.5 Å². The summed E-state index contributed by atoms with van der Waals surface area (Å²) in [6.07, 6.45) is 1.84. The molecule has 0 saturated carbocycles. The van der Waals surface area contributed by atoms with Gasteiger partial charge < -0.3 is 10.4 Å². The van der Waals surface area contributed by atoms with Gasteiger partial charge in [-0.25, -0.2) is 4.39 Å². The number of halogens is 1. The standard InChI is InChI=1S/C14H17FN4O2/c1-2-3-8-16-14(21)13-12(9-20)17-19(18-13)11-6-4-10(15)5-7-11/h4-7,20H,2-3,8-9H2,1H3,(H,16,21). The topological polar surface area (TPSA) is 80.0 Å². The highest BCUT2D eigenvalue weighted by atomic mass is 19.1. The van der Waals surface area contributed by atoms with Crippen molar-refractivity contribution in [2.24, 2.45) is 0 Å². The minimum Gasteiger partial charge on any atom is -0.390 e. The van der Waals surface area contributed by atoms with Gasteiger partial charge in [0.1, 0.15) is 11.5 Å². The predicted octanol–water partition coefficient (Wildman–Crippen LogP) is 1.43. The number of hydrogen-bond acceptors (Lipinski definition) is 4. The minimum atomic E-state index is -0.391. The van der Waals surface area contributed by atoms with Gasteiger partial charge in [0.25, 0.3) is 5.91 Å². The van der Waals surface area contributed by atoms with Crippen LogP contribution in [0.3, 0.4) is 0 Å². The van der Waals surface area contributed by atoms with Crippen molar-refractivity contribution in [1.29, 1.82) is 0 Å². The fourth-order valence-electron chi connectivity index (χ4n) is 1.77. The zero-order valence-corrected chi connectivity index (χ0v) is 11.7. The number of nitrogens with zero attached hydrogens (tertiary/aromatic N) is 3. The number of aliphatic hydroxyl groups excluding tert-OH is 1. The van der Waals surface area contributed by atoms with Gasteiger partial charge in [-0.3, -0.25) is 4.79 Å². The van der Waals surface area contributed by atoms with Gasteiger partial charge in [-0.15, -0.1) is 10.2 Å². The minimum absolute atomic E-state index is 0.0814. The van der Waals surface area contributed by atoms with Crippen LogP contribution >= 0.6 is 0 Å². The third-order valence-corrected chi connectivity index (χ3v) is 2.92. The quantitative estimate of drug-likeness (QED) is 0.789. The Labute approximate surface area is 121 Å². The van der Waals surface area contributed by atoms with Crippen LogP contribution in [0.4, 0.5) is 4.39 Å². The lowest BCUT2D eigenvalue weighted by Crippen LogP contribution is -2.25. The van der Waals surface area contributed by atoms with Gasteiger partial charge in [0.05, 0.1) is 12.3 Å². The molecule has 6 nitrogen and oxygen atoms in total. The molecule has 0 unspecified atom stereocenters. The Kier molecular flexibility index (Phi) is 4.99. The zero-order valence-electron chi connectivity index (χ0n) is 11.7. The maximum Gasteiger partial charge on any atom is 0.273 e. The predicted molar refractivity (Wildman–Crippen MR) is 74.5 cm³/mol. The van der Waals surface area contributed by atoms with E-state index in [1.54, 1.807) is 0 Å². The lowest BCUT2D eigenvalue weighted by Gasteiger charge is -2.01. The first-order chi connectivity index (χ1) is 10.2. The van der Waals surface area contributed by atoms with E-state index in [0.29, 0.717) is 12.2 Å². The van der Waals surface area contributed by atoms with Crippen molar-refractivity contribution in [3.63, 3.8) is 0 Å². The number of carbonyl (C=O) groups excluding carboxylic acids is 1. The number of hydrogen-bond donors (Lipinski definition) is 2. The summed E-state index contributed by atoms with van der Waals surface area (Å²) in [7, 11) is 0. The molecule has 2 rings (SSSR count).